The molecule has 0 aromatic heterocycles. The zero-order valence-electron chi connectivity index (χ0n) is 15.5. The molecule has 0 radical (unpaired) electrons. The number of hydrogen-bond acceptors (Lipinski definition) is 4. The molecule has 1 amide bonds. The molecule has 134 valence electrons. The molecule has 5 nitrogen and oxygen atoms in total. The van der Waals surface area contributed by atoms with Gasteiger partial charge in [-0.15, -0.1) is 0 Å². The maximum absolute atomic E-state index is 12.2. The zero-order valence-corrected chi connectivity index (χ0v) is 15.5. The van der Waals surface area contributed by atoms with Crippen LogP contribution in [-0.2, 0) is 4.74 Å². The second-order valence-corrected chi connectivity index (χ2v) is 7.55. The number of aliphatic hydroxyl groups excluding tert-OH is 1. The topological polar surface area (TPSA) is 59.0 Å². The number of hydrogen-bond donors (Lipinski definition) is 1. The molecule has 2 rings (SSSR count). The fourth-order valence-corrected chi connectivity index (χ4v) is 3.11. The minimum Gasteiger partial charge on any atom is -0.496 e. The summed E-state index contributed by atoms with van der Waals surface area (Å²) >= 11 is 0. The molecule has 0 aliphatic carbocycles. The molecule has 0 spiro atoms. The number of nitrogens with zero attached hydrogens (tertiary/aromatic N) is 1. The van der Waals surface area contributed by atoms with E-state index in [2.05, 4.69) is 0 Å². The van der Waals surface area contributed by atoms with E-state index < -0.39 is 11.7 Å². The Morgan fingerprint density at radius 3 is 2.58 bits per heavy atom. The monoisotopic (exact) mass is 335 g/mol. The van der Waals surface area contributed by atoms with Crippen LogP contribution in [0.1, 0.15) is 50.0 Å². The first-order valence-electron chi connectivity index (χ1n) is 8.44. The van der Waals surface area contributed by atoms with Gasteiger partial charge in [-0.1, -0.05) is 12.1 Å². The highest BCUT2D eigenvalue weighted by Gasteiger charge is 2.35. The van der Waals surface area contributed by atoms with Crippen LogP contribution in [0.4, 0.5) is 4.79 Å². The molecule has 0 bridgehead atoms. The van der Waals surface area contributed by atoms with Crippen molar-refractivity contribution in [3.8, 4) is 5.75 Å². The molecule has 1 aromatic rings. The quantitative estimate of drug-likeness (QED) is 0.917. The van der Waals surface area contributed by atoms with E-state index in [-0.39, 0.29) is 12.0 Å². The smallest absolute Gasteiger partial charge is 0.410 e. The van der Waals surface area contributed by atoms with Crippen molar-refractivity contribution in [2.24, 2.45) is 5.92 Å². The summed E-state index contributed by atoms with van der Waals surface area (Å²) in [5, 5.41) is 10.8. The van der Waals surface area contributed by atoms with Gasteiger partial charge in [-0.25, -0.2) is 4.79 Å². The summed E-state index contributed by atoms with van der Waals surface area (Å²) in [7, 11) is 1.62. The van der Waals surface area contributed by atoms with Crippen molar-refractivity contribution < 1.29 is 19.4 Å². The molecule has 1 aromatic carbocycles. The number of aliphatic hydroxyl groups is 1. The standard InChI is InChI=1S/C19H29NO4/c1-12-7-8-15(17(23-6)13(12)2)16(21)14-9-10-20(11-14)18(22)24-19(3,4)5/h7-8,14,16,21H,9-11H2,1-6H3. The Morgan fingerprint density at radius 2 is 2.00 bits per heavy atom. The van der Waals surface area contributed by atoms with Gasteiger partial charge < -0.3 is 19.5 Å². The summed E-state index contributed by atoms with van der Waals surface area (Å²) < 4.78 is 10.9. The molecule has 24 heavy (non-hydrogen) atoms. The van der Waals surface area contributed by atoms with E-state index in [9.17, 15) is 9.90 Å². The minimum atomic E-state index is -0.660. The Hall–Kier alpha value is -1.75. The molecule has 1 N–H and O–H groups in total. The summed E-state index contributed by atoms with van der Waals surface area (Å²) in [5.41, 5.74) is 2.45. The van der Waals surface area contributed by atoms with Crippen LogP contribution in [0.2, 0.25) is 0 Å². The largest absolute Gasteiger partial charge is 0.496 e. The number of methoxy groups -OCH3 is 1. The highest BCUT2D eigenvalue weighted by molar-refractivity contribution is 5.68. The maximum atomic E-state index is 12.2. The number of benzene rings is 1. The highest BCUT2D eigenvalue weighted by atomic mass is 16.6. The molecule has 1 fully saturated rings. The van der Waals surface area contributed by atoms with Crippen molar-refractivity contribution in [2.45, 2.75) is 52.7 Å². The van der Waals surface area contributed by atoms with E-state index in [1.54, 1.807) is 12.0 Å². The van der Waals surface area contributed by atoms with Gasteiger partial charge in [-0.05, 0) is 52.2 Å². The van der Waals surface area contributed by atoms with Crippen LogP contribution in [0.25, 0.3) is 0 Å². The van der Waals surface area contributed by atoms with E-state index in [0.29, 0.717) is 13.1 Å². The summed E-state index contributed by atoms with van der Waals surface area (Å²) in [6.45, 7) is 10.7. The third-order valence-electron chi connectivity index (χ3n) is 4.55. The molecule has 1 saturated heterocycles. The maximum Gasteiger partial charge on any atom is 0.410 e. The van der Waals surface area contributed by atoms with Crippen LogP contribution >= 0.6 is 0 Å². The van der Waals surface area contributed by atoms with Crippen molar-refractivity contribution in [3.63, 3.8) is 0 Å². The number of rotatable bonds is 3. The Kier molecular flexibility index (Phi) is 5.43. The van der Waals surface area contributed by atoms with Gasteiger partial charge in [0.15, 0.2) is 0 Å². The van der Waals surface area contributed by atoms with Gasteiger partial charge in [-0.3, -0.25) is 0 Å². The van der Waals surface area contributed by atoms with Crippen LogP contribution < -0.4 is 4.74 Å². The van der Waals surface area contributed by atoms with E-state index in [4.69, 9.17) is 9.47 Å². The van der Waals surface area contributed by atoms with Gasteiger partial charge in [0, 0.05) is 24.6 Å². The first-order chi connectivity index (χ1) is 11.1. The fourth-order valence-electron chi connectivity index (χ4n) is 3.11. The number of amides is 1. The molecular formula is C19H29NO4. The van der Waals surface area contributed by atoms with Crippen molar-refractivity contribution in [1.29, 1.82) is 0 Å². The van der Waals surface area contributed by atoms with E-state index >= 15 is 0 Å². The van der Waals surface area contributed by atoms with Gasteiger partial charge in [-0.2, -0.15) is 0 Å². The van der Waals surface area contributed by atoms with Crippen LogP contribution in [0.5, 0.6) is 5.75 Å². The third kappa shape index (κ3) is 4.01. The normalized spacial score (nSPS) is 19.3. The average molecular weight is 335 g/mol. The molecule has 2 unspecified atom stereocenters. The van der Waals surface area contributed by atoms with Crippen molar-refractivity contribution in [1.82, 2.24) is 4.90 Å². The lowest BCUT2D eigenvalue weighted by atomic mass is 9.92. The molecule has 1 heterocycles. The predicted octanol–water partition coefficient (Wildman–Crippen LogP) is 3.60. The SMILES string of the molecule is COc1c(C(O)C2CCN(C(=O)OC(C)(C)C)C2)ccc(C)c1C. The fraction of sp³-hybridized carbons (Fsp3) is 0.632. The lowest BCUT2D eigenvalue weighted by molar-refractivity contribution is 0.0267. The van der Waals surface area contributed by atoms with E-state index in [1.165, 1.54) is 0 Å². The van der Waals surface area contributed by atoms with Crippen molar-refractivity contribution in [2.75, 3.05) is 20.2 Å². The second-order valence-electron chi connectivity index (χ2n) is 7.55. The Bertz CT molecular complexity index is 606. The van der Waals surface area contributed by atoms with E-state index in [0.717, 1.165) is 28.9 Å². The number of carbonyl (C=O) groups excluding carboxylic acids is 1. The molecule has 1 aliphatic rings. The van der Waals surface area contributed by atoms with Crippen LogP contribution in [0, 0.1) is 19.8 Å². The summed E-state index contributed by atoms with van der Waals surface area (Å²) in [6, 6.07) is 3.92. The summed E-state index contributed by atoms with van der Waals surface area (Å²) in [6.07, 6.45) is -0.229. The Morgan fingerprint density at radius 1 is 1.33 bits per heavy atom. The first kappa shape index (κ1) is 18.6. The van der Waals surface area contributed by atoms with Gasteiger partial charge in [0.05, 0.1) is 13.2 Å². The summed E-state index contributed by atoms with van der Waals surface area (Å²) in [4.78, 5) is 13.9. The van der Waals surface area contributed by atoms with Gasteiger partial charge >= 0.3 is 6.09 Å². The first-order valence-corrected chi connectivity index (χ1v) is 8.44. The molecular weight excluding hydrogens is 306 g/mol. The molecule has 2 atom stereocenters. The molecule has 0 saturated carbocycles. The highest BCUT2D eigenvalue weighted by Crippen LogP contribution is 2.37. The number of ether oxygens (including phenoxy) is 2. The number of likely N-dealkylation sites (tertiary alicyclic amines) is 1. The predicted molar refractivity (Wildman–Crippen MR) is 93.3 cm³/mol. The molecule has 5 heteroatoms. The van der Waals surface area contributed by atoms with Gasteiger partial charge in [0.25, 0.3) is 0 Å². The number of carbonyl (C=O) groups is 1. The second kappa shape index (κ2) is 7.01. The van der Waals surface area contributed by atoms with Crippen LogP contribution in [0.3, 0.4) is 0 Å². The van der Waals surface area contributed by atoms with Crippen molar-refractivity contribution in [3.05, 3.63) is 28.8 Å². The van der Waals surface area contributed by atoms with Crippen LogP contribution in [0.15, 0.2) is 12.1 Å². The average Bonchev–Trinajstić information content (AvgIpc) is 2.97. The Labute approximate surface area is 144 Å². The Balaban J connectivity index is 2.11. The lowest BCUT2D eigenvalue weighted by Crippen LogP contribution is -2.35. The minimum absolute atomic E-state index is 0.0199. The zero-order chi connectivity index (χ0) is 18.1. The lowest BCUT2D eigenvalue weighted by Gasteiger charge is -2.25. The molecule has 1 aliphatic heterocycles. The van der Waals surface area contributed by atoms with Crippen LogP contribution in [-0.4, -0.2) is 41.9 Å². The number of aryl methyl sites for hydroxylation is 1. The third-order valence-corrected chi connectivity index (χ3v) is 4.55. The van der Waals surface area contributed by atoms with Gasteiger partial charge in [0.1, 0.15) is 11.4 Å². The summed E-state index contributed by atoms with van der Waals surface area (Å²) in [5.74, 6) is 0.715. The van der Waals surface area contributed by atoms with Gasteiger partial charge in [0.2, 0.25) is 0 Å². The van der Waals surface area contributed by atoms with Crippen molar-refractivity contribution >= 4 is 6.09 Å². The van der Waals surface area contributed by atoms with E-state index in [1.807, 2.05) is 46.8 Å².